The van der Waals surface area contributed by atoms with E-state index in [4.69, 9.17) is 14.2 Å². The van der Waals surface area contributed by atoms with E-state index in [9.17, 15) is 23.1 Å². The average molecular weight is 424 g/mol. The number of benzene rings is 2. The zero-order chi connectivity index (χ0) is 22.0. The van der Waals surface area contributed by atoms with Crippen molar-refractivity contribution < 1.29 is 37.3 Å². The molecule has 162 valence electrons. The Morgan fingerprint density at radius 1 is 1.10 bits per heavy atom. The highest BCUT2D eigenvalue weighted by Gasteiger charge is 2.44. The Hall–Kier alpha value is -2.42. The molecular weight excluding hydrogens is 401 g/mol. The van der Waals surface area contributed by atoms with Crippen molar-refractivity contribution in [3.63, 3.8) is 0 Å². The molecule has 0 spiro atoms. The number of carboxylic acids is 1. The van der Waals surface area contributed by atoms with Gasteiger partial charge in [0, 0.05) is 6.42 Å². The molecule has 0 aliphatic carbocycles. The third-order valence-corrected chi connectivity index (χ3v) is 4.92. The van der Waals surface area contributed by atoms with Gasteiger partial charge in [-0.1, -0.05) is 42.5 Å². The first-order valence-electron chi connectivity index (χ1n) is 9.43. The highest BCUT2D eigenvalue weighted by Crippen LogP contribution is 2.42. The van der Waals surface area contributed by atoms with Gasteiger partial charge in [0.15, 0.2) is 5.79 Å². The van der Waals surface area contributed by atoms with Crippen molar-refractivity contribution in [2.24, 2.45) is 0 Å². The highest BCUT2D eigenvalue weighted by molar-refractivity contribution is 5.68. The number of hydrogen-bond donors (Lipinski definition) is 1. The monoisotopic (exact) mass is 424 g/mol. The summed E-state index contributed by atoms with van der Waals surface area (Å²) in [7, 11) is 0. The van der Waals surface area contributed by atoms with Crippen molar-refractivity contribution in [2.45, 2.75) is 43.9 Å². The van der Waals surface area contributed by atoms with Gasteiger partial charge in [-0.15, -0.1) is 0 Å². The molecule has 0 radical (unpaired) electrons. The third kappa shape index (κ3) is 5.00. The number of halogens is 3. The summed E-state index contributed by atoms with van der Waals surface area (Å²) in [6.07, 6.45) is -4.99. The molecule has 1 heterocycles. The Bertz CT molecular complexity index is 882. The Morgan fingerprint density at radius 3 is 2.30 bits per heavy atom. The summed E-state index contributed by atoms with van der Waals surface area (Å²) in [5.74, 6) is -2.08. The van der Waals surface area contributed by atoms with E-state index in [-0.39, 0.29) is 18.6 Å². The van der Waals surface area contributed by atoms with Crippen molar-refractivity contribution in [3.05, 3.63) is 71.3 Å². The molecule has 2 unspecified atom stereocenters. The summed E-state index contributed by atoms with van der Waals surface area (Å²) in [5.41, 5.74) is -1.60. The summed E-state index contributed by atoms with van der Waals surface area (Å²) in [6.45, 7) is 2.98. The first-order chi connectivity index (χ1) is 14.0. The molecule has 2 aromatic carbocycles. The second-order valence-electron chi connectivity index (χ2n) is 7.61. The number of carboxylic acid groups (broad SMARTS) is 1. The first-order valence-corrected chi connectivity index (χ1v) is 9.43. The van der Waals surface area contributed by atoms with Crippen molar-refractivity contribution in [2.75, 3.05) is 13.2 Å². The van der Waals surface area contributed by atoms with Gasteiger partial charge in [0.05, 0.1) is 18.3 Å². The molecule has 30 heavy (non-hydrogen) atoms. The fourth-order valence-electron chi connectivity index (χ4n) is 3.65. The van der Waals surface area contributed by atoms with Crippen LogP contribution in [-0.2, 0) is 30.8 Å². The van der Waals surface area contributed by atoms with Crippen molar-refractivity contribution >= 4 is 5.97 Å². The minimum absolute atomic E-state index is 0.0784. The minimum Gasteiger partial charge on any atom is -0.480 e. The van der Waals surface area contributed by atoms with Gasteiger partial charge in [-0.25, -0.2) is 4.79 Å². The predicted octanol–water partition coefficient (Wildman–Crippen LogP) is 4.59. The van der Waals surface area contributed by atoms with Gasteiger partial charge in [-0.05, 0) is 37.1 Å². The standard InChI is InChI=1S/C22H23F3O5/c1-20(2)28-13-18(30-20)12-21(29-14-19(26)27,15-7-4-3-5-8-15)16-9-6-10-17(11-16)22(23,24)25/h3-11,18H,12-14H2,1-2H3,(H,26,27). The molecule has 0 saturated carbocycles. The maximum atomic E-state index is 13.4. The van der Waals surface area contributed by atoms with Crippen LogP contribution in [0.2, 0.25) is 0 Å². The van der Waals surface area contributed by atoms with Crippen LogP contribution >= 0.6 is 0 Å². The molecule has 2 aromatic rings. The lowest BCUT2D eigenvalue weighted by Crippen LogP contribution is -2.38. The van der Waals surface area contributed by atoms with E-state index in [1.54, 1.807) is 44.2 Å². The molecule has 0 bridgehead atoms. The summed E-state index contributed by atoms with van der Waals surface area (Å²) in [6, 6.07) is 13.4. The summed E-state index contributed by atoms with van der Waals surface area (Å²) >= 11 is 0. The van der Waals surface area contributed by atoms with Gasteiger partial charge in [0.2, 0.25) is 0 Å². The number of hydrogen-bond acceptors (Lipinski definition) is 4. The molecule has 8 heteroatoms. The zero-order valence-corrected chi connectivity index (χ0v) is 16.6. The van der Waals surface area contributed by atoms with Crippen molar-refractivity contribution in [1.82, 2.24) is 0 Å². The molecule has 5 nitrogen and oxygen atoms in total. The molecule has 1 N–H and O–H groups in total. The molecule has 2 atom stereocenters. The second kappa shape index (κ2) is 8.37. The normalized spacial score (nSPS) is 20.6. The SMILES string of the molecule is CC1(C)OCC(CC(OCC(=O)O)(c2ccccc2)c2cccc(C(F)(F)F)c2)O1. The third-order valence-electron chi connectivity index (χ3n) is 4.92. The number of carbonyl (C=O) groups is 1. The largest absolute Gasteiger partial charge is 0.480 e. The highest BCUT2D eigenvalue weighted by atomic mass is 19.4. The average Bonchev–Trinajstić information content (AvgIpc) is 3.03. The van der Waals surface area contributed by atoms with E-state index in [2.05, 4.69) is 0 Å². The van der Waals surface area contributed by atoms with Gasteiger partial charge in [-0.3, -0.25) is 0 Å². The lowest BCUT2D eigenvalue weighted by molar-refractivity contribution is -0.157. The predicted molar refractivity (Wildman–Crippen MR) is 102 cm³/mol. The first kappa shape index (κ1) is 22.3. The van der Waals surface area contributed by atoms with Crippen molar-refractivity contribution in [3.8, 4) is 0 Å². The molecule has 0 aromatic heterocycles. The molecule has 1 fully saturated rings. The molecular formula is C22H23F3O5. The summed E-state index contributed by atoms with van der Waals surface area (Å²) in [5, 5.41) is 9.24. The van der Waals surface area contributed by atoms with E-state index in [0.29, 0.717) is 5.56 Å². The van der Waals surface area contributed by atoms with E-state index < -0.39 is 41.8 Å². The molecule has 0 amide bonds. The van der Waals surface area contributed by atoms with Gasteiger partial charge in [0.1, 0.15) is 12.2 Å². The van der Waals surface area contributed by atoms with Gasteiger partial charge in [-0.2, -0.15) is 13.2 Å². The van der Waals surface area contributed by atoms with Crippen LogP contribution in [0.25, 0.3) is 0 Å². The van der Waals surface area contributed by atoms with E-state index in [1.165, 1.54) is 12.1 Å². The van der Waals surface area contributed by atoms with E-state index in [0.717, 1.165) is 12.1 Å². The van der Waals surface area contributed by atoms with Crippen molar-refractivity contribution in [1.29, 1.82) is 0 Å². The smallest absolute Gasteiger partial charge is 0.416 e. The lowest BCUT2D eigenvalue weighted by atomic mass is 9.81. The van der Waals surface area contributed by atoms with Gasteiger partial charge >= 0.3 is 12.1 Å². The van der Waals surface area contributed by atoms with Crippen LogP contribution in [0, 0.1) is 0 Å². The number of aliphatic carboxylic acids is 1. The van der Waals surface area contributed by atoms with Crippen LogP contribution in [-0.4, -0.2) is 36.2 Å². The Labute approximate surface area is 172 Å². The van der Waals surface area contributed by atoms with Crippen LogP contribution in [0.1, 0.15) is 37.0 Å². The molecule has 1 aliphatic heterocycles. The fraction of sp³-hybridized carbons (Fsp3) is 0.409. The van der Waals surface area contributed by atoms with Crippen LogP contribution in [0.15, 0.2) is 54.6 Å². The number of rotatable bonds is 7. The maximum Gasteiger partial charge on any atom is 0.416 e. The zero-order valence-electron chi connectivity index (χ0n) is 16.6. The van der Waals surface area contributed by atoms with E-state index in [1.807, 2.05) is 0 Å². The van der Waals surface area contributed by atoms with Crippen LogP contribution in [0.5, 0.6) is 0 Å². The Balaban J connectivity index is 2.13. The minimum atomic E-state index is -4.56. The second-order valence-corrected chi connectivity index (χ2v) is 7.61. The molecule has 3 rings (SSSR count). The Kier molecular flexibility index (Phi) is 6.21. The molecule has 1 aliphatic rings. The quantitative estimate of drug-likeness (QED) is 0.704. The number of alkyl halides is 3. The molecule has 1 saturated heterocycles. The van der Waals surface area contributed by atoms with Gasteiger partial charge < -0.3 is 19.3 Å². The lowest BCUT2D eigenvalue weighted by Gasteiger charge is -2.37. The van der Waals surface area contributed by atoms with Crippen LogP contribution < -0.4 is 0 Å². The maximum absolute atomic E-state index is 13.4. The van der Waals surface area contributed by atoms with Crippen LogP contribution in [0.4, 0.5) is 13.2 Å². The Morgan fingerprint density at radius 2 is 1.73 bits per heavy atom. The summed E-state index contributed by atoms with van der Waals surface area (Å²) < 4.78 is 57.5. The fourth-order valence-corrected chi connectivity index (χ4v) is 3.65. The van der Waals surface area contributed by atoms with Crippen LogP contribution in [0.3, 0.4) is 0 Å². The number of ether oxygens (including phenoxy) is 3. The van der Waals surface area contributed by atoms with Gasteiger partial charge in [0.25, 0.3) is 0 Å². The summed E-state index contributed by atoms with van der Waals surface area (Å²) in [4.78, 5) is 11.3. The van der Waals surface area contributed by atoms with E-state index >= 15 is 0 Å². The topological polar surface area (TPSA) is 65.0 Å².